The SMILES string of the molecule is COc1ccc(CC(C)(C)NCC(O)COc2cccc(C)c2)cc1. The largest absolute Gasteiger partial charge is 0.497 e. The number of aliphatic hydroxyl groups is 1. The molecule has 25 heavy (non-hydrogen) atoms. The number of hydrogen-bond donors (Lipinski definition) is 2. The fourth-order valence-corrected chi connectivity index (χ4v) is 2.67. The maximum absolute atomic E-state index is 10.2. The van der Waals surface area contributed by atoms with Gasteiger partial charge in [-0.3, -0.25) is 0 Å². The number of β-amino-alcohol motifs (C(OH)–C–C–N with tert-alkyl or cyclic N) is 1. The molecule has 0 saturated heterocycles. The normalized spacial score (nSPS) is 12.7. The van der Waals surface area contributed by atoms with Gasteiger partial charge in [0, 0.05) is 12.1 Å². The highest BCUT2D eigenvalue weighted by molar-refractivity contribution is 5.28. The van der Waals surface area contributed by atoms with Gasteiger partial charge >= 0.3 is 0 Å². The average Bonchev–Trinajstić information content (AvgIpc) is 2.59. The molecule has 1 unspecified atom stereocenters. The molecular formula is C21H29NO3. The van der Waals surface area contributed by atoms with Crippen molar-refractivity contribution >= 4 is 0 Å². The summed E-state index contributed by atoms with van der Waals surface area (Å²) < 4.78 is 10.8. The summed E-state index contributed by atoms with van der Waals surface area (Å²) in [6, 6.07) is 15.9. The van der Waals surface area contributed by atoms with Crippen molar-refractivity contribution in [2.45, 2.75) is 38.8 Å². The monoisotopic (exact) mass is 343 g/mol. The Morgan fingerprint density at radius 2 is 1.80 bits per heavy atom. The average molecular weight is 343 g/mol. The lowest BCUT2D eigenvalue weighted by molar-refractivity contribution is 0.0988. The van der Waals surface area contributed by atoms with E-state index in [1.165, 1.54) is 5.56 Å². The first kappa shape index (κ1) is 19.3. The van der Waals surface area contributed by atoms with Gasteiger partial charge in [-0.05, 0) is 62.6 Å². The van der Waals surface area contributed by atoms with Crippen molar-refractivity contribution in [2.75, 3.05) is 20.3 Å². The summed E-state index contributed by atoms with van der Waals surface area (Å²) in [7, 11) is 1.67. The third-order valence-corrected chi connectivity index (χ3v) is 4.05. The van der Waals surface area contributed by atoms with Gasteiger partial charge in [-0.2, -0.15) is 0 Å². The van der Waals surface area contributed by atoms with E-state index in [4.69, 9.17) is 9.47 Å². The van der Waals surface area contributed by atoms with Crippen molar-refractivity contribution in [1.29, 1.82) is 0 Å². The topological polar surface area (TPSA) is 50.7 Å². The van der Waals surface area contributed by atoms with Crippen molar-refractivity contribution < 1.29 is 14.6 Å². The molecule has 136 valence electrons. The van der Waals surface area contributed by atoms with Gasteiger partial charge in [0.05, 0.1) is 7.11 Å². The summed E-state index contributed by atoms with van der Waals surface area (Å²) in [5.74, 6) is 1.65. The van der Waals surface area contributed by atoms with Crippen LogP contribution in [0.2, 0.25) is 0 Å². The van der Waals surface area contributed by atoms with E-state index in [1.54, 1.807) is 7.11 Å². The lowest BCUT2D eigenvalue weighted by atomic mass is 9.94. The molecule has 0 fully saturated rings. The Balaban J connectivity index is 1.77. The van der Waals surface area contributed by atoms with Crippen LogP contribution in [0.25, 0.3) is 0 Å². The highest BCUT2D eigenvalue weighted by Crippen LogP contribution is 2.17. The molecular weight excluding hydrogens is 314 g/mol. The molecule has 2 N–H and O–H groups in total. The number of ether oxygens (including phenoxy) is 2. The number of methoxy groups -OCH3 is 1. The number of aryl methyl sites for hydroxylation is 1. The zero-order valence-electron chi connectivity index (χ0n) is 15.6. The summed E-state index contributed by atoms with van der Waals surface area (Å²) in [4.78, 5) is 0. The lowest BCUT2D eigenvalue weighted by Gasteiger charge is -2.28. The molecule has 4 heteroatoms. The highest BCUT2D eigenvalue weighted by atomic mass is 16.5. The fraction of sp³-hybridized carbons (Fsp3) is 0.429. The Kier molecular flexibility index (Phi) is 6.85. The van der Waals surface area contributed by atoms with Gasteiger partial charge < -0.3 is 19.9 Å². The summed E-state index contributed by atoms with van der Waals surface area (Å²) in [5, 5.41) is 13.6. The van der Waals surface area contributed by atoms with Crippen LogP contribution in [0.15, 0.2) is 48.5 Å². The van der Waals surface area contributed by atoms with Crippen LogP contribution in [0.1, 0.15) is 25.0 Å². The van der Waals surface area contributed by atoms with Gasteiger partial charge in [-0.25, -0.2) is 0 Å². The maximum Gasteiger partial charge on any atom is 0.119 e. The van der Waals surface area contributed by atoms with Crippen molar-refractivity contribution in [2.24, 2.45) is 0 Å². The molecule has 0 aliphatic carbocycles. The van der Waals surface area contributed by atoms with Gasteiger partial charge in [-0.1, -0.05) is 24.3 Å². The Morgan fingerprint density at radius 3 is 2.44 bits per heavy atom. The van der Waals surface area contributed by atoms with Crippen LogP contribution in [0, 0.1) is 6.92 Å². The van der Waals surface area contributed by atoms with E-state index in [2.05, 4.69) is 31.3 Å². The van der Waals surface area contributed by atoms with Crippen LogP contribution in [0.3, 0.4) is 0 Å². The molecule has 1 atom stereocenters. The van der Waals surface area contributed by atoms with Crippen LogP contribution in [0.4, 0.5) is 0 Å². The van der Waals surface area contributed by atoms with Crippen molar-refractivity contribution in [3.63, 3.8) is 0 Å². The molecule has 0 saturated carbocycles. The number of nitrogens with one attached hydrogen (secondary N) is 1. The third-order valence-electron chi connectivity index (χ3n) is 4.05. The Morgan fingerprint density at radius 1 is 1.08 bits per heavy atom. The molecule has 0 heterocycles. The molecule has 0 aliphatic heterocycles. The molecule has 4 nitrogen and oxygen atoms in total. The van der Waals surface area contributed by atoms with E-state index >= 15 is 0 Å². The highest BCUT2D eigenvalue weighted by Gasteiger charge is 2.19. The van der Waals surface area contributed by atoms with E-state index < -0.39 is 6.10 Å². The summed E-state index contributed by atoms with van der Waals surface area (Å²) in [6.45, 7) is 7.04. The first-order valence-corrected chi connectivity index (χ1v) is 8.63. The lowest BCUT2D eigenvalue weighted by Crippen LogP contribution is -2.46. The van der Waals surface area contributed by atoms with E-state index in [0.29, 0.717) is 6.54 Å². The predicted molar refractivity (Wildman–Crippen MR) is 101 cm³/mol. The van der Waals surface area contributed by atoms with Crippen LogP contribution >= 0.6 is 0 Å². The predicted octanol–water partition coefficient (Wildman–Crippen LogP) is 3.35. The standard InChI is InChI=1S/C21H29NO3/c1-16-6-5-7-20(12-16)25-15-18(23)14-22-21(2,3)13-17-8-10-19(24-4)11-9-17/h5-12,18,22-23H,13-15H2,1-4H3. The van der Waals surface area contributed by atoms with Crippen molar-refractivity contribution in [3.05, 3.63) is 59.7 Å². The fourth-order valence-electron chi connectivity index (χ4n) is 2.67. The second-order valence-electron chi connectivity index (χ2n) is 7.07. The molecule has 0 aromatic heterocycles. The first-order valence-electron chi connectivity index (χ1n) is 8.63. The zero-order chi connectivity index (χ0) is 18.3. The molecule has 2 aromatic carbocycles. The van der Waals surface area contributed by atoms with E-state index in [0.717, 1.165) is 23.5 Å². The minimum absolute atomic E-state index is 0.126. The maximum atomic E-state index is 10.2. The van der Waals surface area contributed by atoms with E-state index in [1.807, 2.05) is 43.3 Å². The van der Waals surface area contributed by atoms with Crippen molar-refractivity contribution in [1.82, 2.24) is 5.32 Å². The molecule has 0 amide bonds. The Bertz CT molecular complexity index is 652. The second-order valence-corrected chi connectivity index (χ2v) is 7.07. The van der Waals surface area contributed by atoms with Crippen molar-refractivity contribution in [3.8, 4) is 11.5 Å². The molecule has 0 spiro atoms. The van der Waals surface area contributed by atoms with Gasteiger partial charge in [0.15, 0.2) is 0 Å². The summed E-state index contributed by atoms with van der Waals surface area (Å²) in [5.41, 5.74) is 2.24. The number of rotatable bonds is 9. The quantitative estimate of drug-likeness (QED) is 0.733. The van der Waals surface area contributed by atoms with E-state index in [9.17, 15) is 5.11 Å². The van der Waals surface area contributed by atoms with Gasteiger partial charge in [-0.15, -0.1) is 0 Å². The Labute approximate surface area is 150 Å². The van der Waals surface area contributed by atoms with E-state index in [-0.39, 0.29) is 12.1 Å². The molecule has 0 bridgehead atoms. The zero-order valence-corrected chi connectivity index (χ0v) is 15.6. The minimum Gasteiger partial charge on any atom is -0.497 e. The second kappa shape index (κ2) is 8.88. The molecule has 2 rings (SSSR count). The molecule has 2 aromatic rings. The van der Waals surface area contributed by atoms with Crippen LogP contribution in [-0.4, -0.2) is 37.0 Å². The number of aliphatic hydroxyl groups excluding tert-OH is 1. The Hall–Kier alpha value is -2.04. The van der Waals surface area contributed by atoms with Crippen LogP contribution in [-0.2, 0) is 6.42 Å². The van der Waals surface area contributed by atoms with Gasteiger partial charge in [0.2, 0.25) is 0 Å². The minimum atomic E-state index is -0.560. The molecule has 0 radical (unpaired) electrons. The summed E-state index contributed by atoms with van der Waals surface area (Å²) >= 11 is 0. The summed E-state index contributed by atoms with van der Waals surface area (Å²) in [6.07, 6.45) is 0.304. The third kappa shape index (κ3) is 6.77. The smallest absolute Gasteiger partial charge is 0.119 e. The van der Waals surface area contributed by atoms with Gasteiger partial charge in [0.25, 0.3) is 0 Å². The number of benzene rings is 2. The van der Waals surface area contributed by atoms with Gasteiger partial charge in [0.1, 0.15) is 24.2 Å². The number of hydrogen-bond acceptors (Lipinski definition) is 4. The van der Waals surface area contributed by atoms with Crippen LogP contribution < -0.4 is 14.8 Å². The van der Waals surface area contributed by atoms with Crippen LogP contribution in [0.5, 0.6) is 11.5 Å². The first-order chi connectivity index (χ1) is 11.9. The molecule has 0 aliphatic rings.